The van der Waals surface area contributed by atoms with Gasteiger partial charge in [0, 0.05) is 12.3 Å². The van der Waals surface area contributed by atoms with Crippen molar-refractivity contribution in [1.29, 1.82) is 0 Å². The maximum atomic E-state index is 11.2. The standard InChI is InChI=1S/C7H10N6OS/c1-4-5(14)9-6-10-11-7(13(6)12-4)15-3-2-8/h2-3,8H2,1H3,(H,9,10,14). The highest BCUT2D eigenvalue weighted by Crippen LogP contribution is 2.12. The summed E-state index contributed by atoms with van der Waals surface area (Å²) >= 11 is 1.45. The van der Waals surface area contributed by atoms with Crippen LogP contribution in [0.2, 0.25) is 0 Å². The van der Waals surface area contributed by atoms with Gasteiger partial charge in [-0.2, -0.15) is 9.61 Å². The lowest BCUT2D eigenvalue weighted by atomic mass is 10.5. The number of thioether (sulfide) groups is 1. The minimum Gasteiger partial charge on any atom is -0.330 e. The number of rotatable bonds is 3. The second-order valence-corrected chi connectivity index (χ2v) is 3.96. The van der Waals surface area contributed by atoms with Crippen molar-refractivity contribution in [3.63, 3.8) is 0 Å². The molecule has 0 aromatic carbocycles. The third kappa shape index (κ3) is 1.85. The van der Waals surface area contributed by atoms with Crippen LogP contribution in [-0.4, -0.2) is 37.1 Å². The van der Waals surface area contributed by atoms with E-state index < -0.39 is 0 Å². The Balaban J connectivity index is 2.49. The SMILES string of the molecule is Cc1nn2c(SCCN)nnc2[nH]c1=O. The maximum absolute atomic E-state index is 11.2. The Bertz CT molecular complexity index is 532. The minimum atomic E-state index is -0.245. The quantitative estimate of drug-likeness (QED) is 0.662. The highest BCUT2D eigenvalue weighted by Gasteiger charge is 2.08. The van der Waals surface area contributed by atoms with Crippen LogP contribution >= 0.6 is 11.8 Å². The average molecular weight is 226 g/mol. The van der Waals surface area contributed by atoms with E-state index >= 15 is 0 Å². The lowest BCUT2D eigenvalue weighted by Crippen LogP contribution is -2.15. The molecule has 0 aliphatic carbocycles. The van der Waals surface area contributed by atoms with Crippen molar-refractivity contribution in [2.24, 2.45) is 5.73 Å². The number of fused-ring (bicyclic) bond motifs is 1. The Morgan fingerprint density at radius 3 is 3.07 bits per heavy atom. The zero-order valence-electron chi connectivity index (χ0n) is 8.10. The molecule has 0 bridgehead atoms. The van der Waals surface area contributed by atoms with Crippen LogP contribution in [-0.2, 0) is 0 Å². The monoisotopic (exact) mass is 226 g/mol. The van der Waals surface area contributed by atoms with E-state index in [0.717, 1.165) is 5.75 Å². The molecular weight excluding hydrogens is 216 g/mol. The number of H-pyrrole nitrogens is 1. The zero-order chi connectivity index (χ0) is 10.8. The first-order chi connectivity index (χ1) is 7.22. The van der Waals surface area contributed by atoms with Crippen molar-refractivity contribution in [2.75, 3.05) is 12.3 Å². The van der Waals surface area contributed by atoms with Gasteiger partial charge in [0.05, 0.1) is 0 Å². The van der Waals surface area contributed by atoms with Crippen molar-refractivity contribution in [1.82, 2.24) is 24.8 Å². The molecule has 8 heteroatoms. The molecular formula is C7H10N6OS. The predicted octanol–water partition coefficient (Wildman–Crippen LogP) is -0.828. The number of nitrogens with one attached hydrogen (secondary N) is 1. The fourth-order valence-electron chi connectivity index (χ4n) is 1.06. The molecule has 0 aliphatic rings. The smallest absolute Gasteiger partial charge is 0.273 e. The second kappa shape index (κ2) is 3.99. The highest BCUT2D eigenvalue weighted by atomic mass is 32.2. The van der Waals surface area contributed by atoms with Gasteiger partial charge in [-0.15, -0.1) is 10.2 Å². The topological polar surface area (TPSA) is 102 Å². The summed E-state index contributed by atoms with van der Waals surface area (Å²) in [6.45, 7) is 2.19. The van der Waals surface area contributed by atoms with Gasteiger partial charge in [0.15, 0.2) is 0 Å². The fourth-order valence-corrected chi connectivity index (χ4v) is 1.71. The summed E-state index contributed by atoms with van der Waals surface area (Å²) < 4.78 is 1.51. The van der Waals surface area contributed by atoms with Crippen LogP contribution in [0.25, 0.3) is 5.78 Å². The Kier molecular flexibility index (Phi) is 2.69. The molecule has 2 rings (SSSR count). The summed E-state index contributed by atoms with van der Waals surface area (Å²) in [6, 6.07) is 0. The molecule has 3 N–H and O–H groups in total. The lowest BCUT2D eigenvalue weighted by molar-refractivity contribution is 0.769. The van der Waals surface area contributed by atoms with Gasteiger partial charge < -0.3 is 5.73 Å². The zero-order valence-corrected chi connectivity index (χ0v) is 8.91. The molecule has 0 saturated carbocycles. The molecule has 80 valence electrons. The van der Waals surface area contributed by atoms with Crippen LogP contribution in [0.1, 0.15) is 5.69 Å². The summed E-state index contributed by atoms with van der Waals surface area (Å²) in [7, 11) is 0. The number of nitrogens with zero attached hydrogens (tertiary/aromatic N) is 4. The molecule has 0 fully saturated rings. The molecule has 7 nitrogen and oxygen atoms in total. The first-order valence-electron chi connectivity index (χ1n) is 4.37. The predicted molar refractivity (Wildman–Crippen MR) is 55.9 cm³/mol. The summed E-state index contributed by atoms with van der Waals surface area (Å²) in [5.41, 5.74) is 5.53. The van der Waals surface area contributed by atoms with Crippen LogP contribution < -0.4 is 11.3 Å². The van der Waals surface area contributed by atoms with E-state index in [4.69, 9.17) is 5.73 Å². The Labute approximate surface area is 89.1 Å². The third-order valence-corrected chi connectivity index (χ3v) is 2.72. The molecule has 0 amide bonds. The number of nitrogens with two attached hydrogens (primary N) is 1. The van der Waals surface area contributed by atoms with E-state index in [0.29, 0.717) is 23.2 Å². The minimum absolute atomic E-state index is 0.245. The number of aryl methyl sites for hydroxylation is 1. The van der Waals surface area contributed by atoms with Gasteiger partial charge in [0.1, 0.15) is 5.69 Å². The van der Waals surface area contributed by atoms with E-state index in [1.807, 2.05) is 0 Å². The summed E-state index contributed by atoms with van der Waals surface area (Å²) in [6.07, 6.45) is 0. The Morgan fingerprint density at radius 2 is 2.33 bits per heavy atom. The fraction of sp³-hybridized carbons (Fsp3) is 0.429. The van der Waals surface area contributed by atoms with E-state index in [1.54, 1.807) is 6.92 Å². The Hall–Kier alpha value is -1.41. The molecule has 0 radical (unpaired) electrons. The molecule has 0 unspecified atom stereocenters. The summed E-state index contributed by atoms with van der Waals surface area (Å²) in [5, 5.41) is 12.4. The van der Waals surface area contributed by atoms with Gasteiger partial charge >= 0.3 is 0 Å². The van der Waals surface area contributed by atoms with E-state index in [9.17, 15) is 4.79 Å². The molecule has 0 atom stereocenters. The van der Waals surface area contributed by atoms with Crippen LogP contribution in [0, 0.1) is 6.92 Å². The summed E-state index contributed by atoms with van der Waals surface area (Å²) in [4.78, 5) is 13.8. The Morgan fingerprint density at radius 1 is 1.53 bits per heavy atom. The molecule has 0 saturated heterocycles. The van der Waals surface area contributed by atoms with Crippen LogP contribution in [0.15, 0.2) is 9.95 Å². The molecule has 2 aromatic heterocycles. The molecule has 0 aliphatic heterocycles. The van der Waals surface area contributed by atoms with Crippen molar-refractivity contribution in [3.05, 3.63) is 16.0 Å². The maximum Gasteiger partial charge on any atom is 0.273 e. The third-order valence-electron chi connectivity index (χ3n) is 1.77. The molecule has 15 heavy (non-hydrogen) atoms. The van der Waals surface area contributed by atoms with Crippen LogP contribution in [0.3, 0.4) is 0 Å². The molecule has 2 heterocycles. The highest BCUT2D eigenvalue weighted by molar-refractivity contribution is 7.99. The van der Waals surface area contributed by atoms with Crippen molar-refractivity contribution in [2.45, 2.75) is 12.1 Å². The van der Waals surface area contributed by atoms with Gasteiger partial charge in [-0.05, 0) is 6.92 Å². The number of aromatic amines is 1. The number of hydrogen-bond acceptors (Lipinski definition) is 6. The van der Waals surface area contributed by atoms with Gasteiger partial charge in [-0.1, -0.05) is 11.8 Å². The van der Waals surface area contributed by atoms with E-state index in [2.05, 4.69) is 20.3 Å². The van der Waals surface area contributed by atoms with Gasteiger partial charge in [0.25, 0.3) is 11.3 Å². The first kappa shape index (κ1) is 10.1. The van der Waals surface area contributed by atoms with Crippen molar-refractivity contribution >= 4 is 17.5 Å². The van der Waals surface area contributed by atoms with E-state index in [1.165, 1.54) is 16.3 Å². The van der Waals surface area contributed by atoms with Crippen molar-refractivity contribution in [3.8, 4) is 0 Å². The summed E-state index contributed by atoms with van der Waals surface area (Å²) in [5.74, 6) is 1.09. The lowest BCUT2D eigenvalue weighted by Gasteiger charge is -1.97. The molecule has 2 aromatic rings. The largest absolute Gasteiger partial charge is 0.330 e. The second-order valence-electron chi connectivity index (χ2n) is 2.89. The van der Waals surface area contributed by atoms with E-state index in [-0.39, 0.29) is 5.56 Å². The van der Waals surface area contributed by atoms with Gasteiger partial charge in [0.2, 0.25) is 5.16 Å². The van der Waals surface area contributed by atoms with Gasteiger partial charge in [-0.25, -0.2) is 0 Å². The van der Waals surface area contributed by atoms with Crippen LogP contribution in [0.5, 0.6) is 0 Å². The van der Waals surface area contributed by atoms with Crippen molar-refractivity contribution < 1.29 is 0 Å². The average Bonchev–Trinajstić information content (AvgIpc) is 2.59. The first-order valence-corrected chi connectivity index (χ1v) is 5.36. The van der Waals surface area contributed by atoms with Gasteiger partial charge in [-0.3, -0.25) is 9.78 Å². The molecule has 0 spiro atoms. The number of hydrogen-bond donors (Lipinski definition) is 2. The normalized spacial score (nSPS) is 11.1. The van der Waals surface area contributed by atoms with Crippen LogP contribution in [0.4, 0.5) is 0 Å². The number of aromatic nitrogens is 5.